The molecule has 22 nitrogen and oxygen atoms in total. The van der Waals surface area contributed by atoms with Crippen molar-refractivity contribution in [2.24, 2.45) is 10.3 Å². The van der Waals surface area contributed by atoms with Gasteiger partial charge in [-0.25, -0.2) is 0 Å². The highest BCUT2D eigenvalue weighted by Gasteiger charge is 2.54. The Balaban J connectivity index is 2.14. The fourth-order valence-corrected chi connectivity index (χ4v) is 8.25. The van der Waals surface area contributed by atoms with Gasteiger partial charge in [0, 0.05) is 55.4 Å². The summed E-state index contributed by atoms with van der Waals surface area (Å²) in [7, 11) is 0. The first kappa shape index (κ1) is 51.5. The van der Waals surface area contributed by atoms with Crippen molar-refractivity contribution in [2.45, 2.75) is 154 Å². The molecule has 0 amide bonds. The molecule has 0 spiro atoms. The third-order valence-electron chi connectivity index (χ3n) is 8.16. The van der Waals surface area contributed by atoms with Gasteiger partial charge in [-0.05, 0) is 25.7 Å². The maximum absolute atomic E-state index is 12.2. The number of carbonyl (C=O) groups is 8. The topological polar surface area (TPSA) is 294 Å². The zero-order valence-electron chi connectivity index (χ0n) is 34.4. The summed E-state index contributed by atoms with van der Waals surface area (Å²) >= 11 is 1.70. The second kappa shape index (κ2) is 25.8. The van der Waals surface area contributed by atoms with Crippen LogP contribution in [0.25, 0.3) is 0 Å². The maximum Gasteiger partial charge on any atom is 0.303 e. The lowest BCUT2D eigenvalue weighted by atomic mass is 9.99. The van der Waals surface area contributed by atoms with Crippen LogP contribution in [0.3, 0.4) is 0 Å². The molecule has 0 saturated carbocycles. The summed E-state index contributed by atoms with van der Waals surface area (Å²) in [5.74, 6) is -6.08. The van der Waals surface area contributed by atoms with Crippen LogP contribution < -0.4 is 0 Å². The van der Waals surface area contributed by atoms with E-state index < -0.39 is 121 Å². The van der Waals surface area contributed by atoms with Gasteiger partial charge in [0.1, 0.15) is 46.4 Å². The maximum atomic E-state index is 12.2. The second-order valence-corrected chi connectivity index (χ2v) is 15.6. The van der Waals surface area contributed by atoms with E-state index in [1.54, 1.807) is 0 Å². The molecule has 2 N–H and O–H groups in total. The van der Waals surface area contributed by atoms with E-state index in [1.807, 2.05) is 0 Å². The molecule has 2 aliphatic heterocycles. The van der Waals surface area contributed by atoms with Crippen LogP contribution in [-0.4, -0.2) is 141 Å². The van der Waals surface area contributed by atoms with Crippen LogP contribution in [-0.2, 0) is 85.7 Å². The van der Waals surface area contributed by atoms with E-state index in [0.717, 1.165) is 78.9 Å². The Morgan fingerprint density at radius 3 is 0.983 bits per heavy atom. The van der Waals surface area contributed by atoms with Crippen LogP contribution >= 0.6 is 23.5 Å². The smallest absolute Gasteiger partial charge is 0.303 e. The first-order valence-corrected chi connectivity index (χ1v) is 20.4. The first-order valence-electron chi connectivity index (χ1n) is 18.6. The molecule has 2 saturated heterocycles. The van der Waals surface area contributed by atoms with E-state index in [0.29, 0.717) is 25.7 Å². The molecule has 0 aromatic carbocycles. The monoisotopic (exact) mass is 896 g/mol. The second-order valence-electron chi connectivity index (χ2n) is 13.3. The predicted octanol–water partition coefficient (Wildman–Crippen LogP) is 2.54. The highest BCUT2D eigenvalue weighted by atomic mass is 32.2. The van der Waals surface area contributed by atoms with Gasteiger partial charge in [0.15, 0.2) is 36.6 Å². The van der Waals surface area contributed by atoms with Crippen molar-refractivity contribution < 1.29 is 96.1 Å². The van der Waals surface area contributed by atoms with Crippen LogP contribution in [0.5, 0.6) is 0 Å². The molecule has 0 bridgehead atoms. The fraction of sp³-hybridized carbons (Fsp3) is 0.722. The summed E-state index contributed by atoms with van der Waals surface area (Å²) < 4.78 is 54.9. The van der Waals surface area contributed by atoms with Gasteiger partial charge in [-0.15, -0.1) is 0 Å². The van der Waals surface area contributed by atoms with Crippen LogP contribution in [0.2, 0.25) is 0 Å². The average molecular weight is 897 g/mol. The van der Waals surface area contributed by atoms with Gasteiger partial charge in [-0.2, -0.15) is 0 Å². The van der Waals surface area contributed by atoms with E-state index in [4.69, 9.17) is 47.4 Å². The van der Waals surface area contributed by atoms with Crippen LogP contribution in [0.1, 0.15) is 93.9 Å². The van der Waals surface area contributed by atoms with Crippen LogP contribution in [0.15, 0.2) is 10.3 Å². The minimum Gasteiger partial charge on any atom is -0.463 e. The largest absolute Gasteiger partial charge is 0.463 e. The average Bonchev–Trinajstić information content (AvgIpc) is 3.13. The number of rotatable bonds is 19. The molecule has 0 aromatic heterocycles. The Labute approximate surface area is 353 Å². The number of unbranched alkanes of at least 4 members (excludes halogenated alkanes) is 3. The minimum atomic E-state index is -1.40. The lowest BCUT2D eigenvalue weighted by Crippen LogP contribution is -2.61. The van der Waals surface area contributed by atoms with Crippen molar-refractivity contribution in [2.75, 3.05) is 13.2 Å². The number of hydrogen-bond donors (Lipinski definition) is 2. The summed E-state index contributed by atoms with van der Waals surface area (Å²) in [6, 6.07) is 0. The van der Waals surface area contributed by atoms with E-state index in [1.165, 1.54) is 0 Å². The molecule has 0 unspecified atom stereocenters. The number of ether oxygens (including phenoxy) is 10. The third kappa shape index (κ3) is 17.9. The van der Waals surface area contributed by atoms with E-state index in [2.05, 4.69) is 10.3 Å². The molecule has 60 heavy (non-hydrogen) atoms. The molecule has 24 heteroatoms. The summed E-state index contributed by atoms with van der Waals surface area (Å²) in [5.41, 5.74) is -2.37. The molecular formula is C36H52N2O20S2. The van der Waals surface area contributed by atoms with E-state index in [-0.39, 0.29) is 22.9 Å². The highest BCUT2D eigenvalue weighted by Crippen LogP contribution is 2.37. The van der Waals surface area contributed by atoms with Crippen molar-refractivity contribution >= 4 is 81.4 Å². The van der Waals surface area contributed by atoms with Crippen molar-refractivity contribution in [3.8, 4) is 0 Å². The molecule has 2 aliphatic rings. The Morgan fingerprint density at radius 2 is 0.717 bits per heavy atom. The Kier molecular flexibility index (Phi) is 22.2. The number of carbonyl (C=O) groups excluding carboxylic acids is 8. The molecule has 2 rings (SSSR count). The molecular weight excluding hydrogens is 845 g/mol. The SMILES string of the molecule is CC(=O)OC[C@H]1O[C@H](S/C(CCCCCC/C(=N/O)S[C@@H]2O[C@H](COC(C)=O)[C@@H](OC(C)=O)[C@H](OC(C)=O)[C@H]2OC(C)=O)=N\O)[C@H](OC(C)=O)[C@@H](OC(C)=O)[C@@H]1OC(C)=O. The summed E-state index contributed by atoms with van der Waals surface area (Å²) in [5, 5.41) is 26.8. The number of esters is 8. The minimum absolute atomic E-state index is 0.132. The summed E-state index contributed by atoms with van der Waals surface area (Å²) in [6.45, 7) is 8.05. The van der Waals surface area contributed by atoms with Gasteiger partial charge in [0.25, 0.3) is 0 Å². The Hall–Kier alpha value is -4.68. The molecule has 0 aromatic rings. The zero-order valence-corrected chi connectivity index (χ0v) is 36.0. The summed E-state index contributed by atoms with van der Waals surface area (Å²) in [4.78, 5) is 95.9. The lowest BCUT2D eigenvalue weighted by molar-refractivity contribution is -0.237. The number of hydrogen-bond acceptors (Lipinski definition) is 24. The van der Waals surface area contributed by atoms with Crippen molar-refractivity contribution in [3.63, 3.8) is 0 Å². The van der Waals surface area contributed by atoms with Crippen molar-refractivity contribution in [1.82, 2.24) is 0 Å². The Bertz CT molecular complexity index is 1480. The van der Waals surface area contributed by atoms with Gasteiger partial charge in [0.05, 0.1) is 0 Å². The van der Waals surface area contributed by atoms with Crippen LogP contribution in [0.4, 0.5) is 0 Å². The number of oxime groups is 2. The molecule has 2 heterocycles. The zero-order chi connectivity index (χ0) is 45.1. The molecule has 338 valence electrons. The van der Waals surface area contributed by atoms with Gasteiger partial charge < -0.3 is 57.8 Å². The van der Waals surface area contributed by atoms with Crippen LogP contribution in [0, 0.1) is 0 Å². The fourth-order valence-electron chi connectivity index (χ4n) is 6.01. The number of thioether (sulfide) groups is 2. The van der Waals surface area contributed by atoms with Crippen molar-refractivity contribution in [1.29, 1.82) is 0 Å². The predicted molar refractivity (Wildman–Crippen MR) is 205 cm³/mol. The van der Waals surface area contributed by atoms with Gasteiger partial charge in [0.2, 0.25) is 0 Å². The van der Waals surface area contributed by atoms with E-state index >= 15 is 0 Å². The van der Waals surface area contributed by atoms with Gasteiger partial charge in [-0.3, -0.25) is 38.4 Å². The molecule has 2 fully saturated rings. The normalized spacial score (nSPS) is 26.7. The molecule has 0 radical (unpaired) electrons. The standard InChI is InChI=1S/C36H52N2O20S2/c1-17(39)49-15-25-29(51-19(3)41)31(53-21(5)43)33(55-23(7)45)35(57-25)59-27(37-47)13-11-9-10-12-14-28(38-48)60-36-34(56-24(8)46)32(54-22(6)44)30(52-20(4)42)26(58-36)16-50-18(2)40/h25-26,29-36,47-48H,9-16H2,1-8H3/b37-27-,38-28-/t25-,26-,29-,30-,31+,32+,33-,34-,35-,36+/m1/s1. The summed E-state index contributed by atoms with van der Waals surface area (Å²) in [6.07, 6.45) is -8.17. The Morgan fingerprint density at radius 1 is 0.433 bits per heavy atom. The van der Waals surface area contributed by atoms with Gasteiger partial charge >= 0.3 is 47.8 Å². The van der Waals surface area contributed by atoms with Crippen molar-refractivity contribution in [3.05, 3.63) is 0 Å². The molecule has 10 atom stereocenters. The lowest BCUT2D eigenvalue weighted by Gasteiger charge is -2.44. The van der Waals surface area contributed by atoms with E-state index in [9.17, 15) is 48.8 Å². The molecule has 0 aliphatic carbocycles. The first-order chi connectivity index (χ1) is 28.2. The van der Waals surface area contributed by atoms with Gasteiger partial charge in [-0.1, -0.05) is 46.7 Å². The number of nitrogens with zero attached hydrogens (tertiary/aromatic N) is 2. The highest BCUT2D eigenvalue weighted by molar-refractivity contribution is 8.14. The third-order valence-corrected chi connectivity index (χ3v) is 10.5. The quantitative estimate of drug-likeness (QED) is 0.0358.